The molecule has 0 saturated heterocycles. The zero-order chi connectivity index (χ0) is 17.1. The molecule has 0 bridgehead atoms. The molecule has 0 unspecified atom stereocenters. The van der Waals surface area contributed by atoms with Crippen molar-refractivity contribution in [2.24, 2.45) is 5.92 Å². The standard InChI is InChI=1S/C18H32O3Si/c1-13(17(20)15-11-9-8-10-12-15)16(19)14(2)21-22(6,7)18(3,4)5/h8-14,16-17,19-20H,1-7H3/t13-,14-,16-,17+/m0/s1. The van der Waals surface area contributed by atoms with Gasteiger partial charge in [-0.15, -0.1) is 0 Å². The molecule has 4 heteroatoms. The summed E-state index contributed by atoms with van der Waals surface area (Å²) in [6.45, 7) is 14.7. The summed E-state index contributed by atoms with van der Waals surface area (Å²) in [6, 6.07) is 9.47. The van der Waals surface area contributed by atoms with Gasteiger partial charge in [-0.25, -0.2) is 0 Å². The Morgan fingerprint density at radius 2 is 1.50 bits per heavy atom. The van der Waals surface area contributed by atoms with Crippen LogP contribution < -0.4 is 0 Å². The fourth-order valence-corrected chi connectivity index (χ4v) is 3.70. The lowest BCUT2D eigenvalue weighted by atomic mass is 9.90. The third-order valence-electron chi connectivity index (χ3n) is 4.95. The molecule has 1 aromatic rings. The largest absolute Gasteiger partial charge is 0.412 e. The van der Waals surface area contributed by atoms with Gasteiger partial charge in [-0.1, -0.05) is 58.0 Å². The summed E-state index contributed by atoms with van der Waals surface area (Å²) >= 11 is 0. The monoisotopic (exact) mass is 324 g/mol. The molecule has 1 aromatic carbocycles. The van der Waals surface area contributed by atoms with Gasteiger partial charge in [-0.2, -0.15) is 0 Å². The van der Waals surface area contributed by atoms with Crippen LogP contribution in [0.4, 0.5) is 0 Å². The van der Waals surface area contributed by atoms with Crippen molar-refractivity contribution < 1.29 is 14.6 Å². The predicted molar refractivity (Wildman–Crippen MR) is 94.3 cm³/mol. The third-order valence-corrected chi connectivity index (χ3v) is 9.52. The summed E-state index contributed by atoms with van der Waals surface area (Å²) in [4.78, 5) is 0. The molecule has 0 saturated carbocycles. The van der Waals surface area contributed by atoms with Gasteiger partial charge in [0, 0.05) is 5.92 Å². The SMILES string of the molecule is C[C@@H]([C@H](O)[C@H](C)O[Si](C)(C)C(C)(C)C)[C@@H](O)c1ccccc1. The summed E-state index contributed by atoms with van der Waals surface area (Å²) in [5, 5.41) is 21.1. The Kier molecular flexibility index (Phi) is 6.39. The molecule has 0 aliphatic heterocycles. The lowest BCUT2D eigenvalue weighted by molar-refractivity contribution is -0.0401. The molecule has 0 fully saturated rings. The van der Waals surface area contributed by atoms with Gasteiger partial charge in [0.25, 0.3) is 0 Å². The highest BCUT2D eigenvalue weighted by molar-refractivity contribution is 6.74. The number of hydrogen-bond donors (Lipinski definition) is 2. The van der Waals surface area contributed by atoms with Crippen molar-refractivity contribution >= 4 is 8.32 Å². The number of benzene rings is 1. The first-order valence-corrected chi connectivity index (χ1v) is 11.0. The topological polar surface area (TPSA) is 49.7 Å². The van der Waals surface area contributed by atoms with E-state index in [0.717, 1.165) is 5.56 Å². The average Bonchev–Trinajstić information content (AvgIpc) is 2.44. The van der Waals surface area contributed by atoms with E-state index in [2.05, 4.69) is 33.9 Å². The quantitative estimate of drug-likeness (QED) is 0.774. The van der Waals surface area contributed by atoms with Crippen LogP contribution in [0.25, 0.3) is 0 Å². The van der Waals surface area contributed by atoms with Gasteiger partial charge < -0.3 is 14.6 Å². The van der Waals surface area contributed by atoms with Gasteiger partial charge in [0.2, 0.25) is 0 Å². The van der Waals surface area contributed by atoms with Crippen LogP contribution in [0.15, 0.2) is 30.3 Å². The van der Waals surface area contributed by atoms with Crippen molar-refractivity contribution in [2.75, 3.05) is 0 Å². The number of hydrogen-bond acceptors (Lipinski definition) is 3. The molecule has 0 aliphatic carbocycles. The zero-order valence-corrected chi connectivity index (χ0v) is 16.0. The van der Waals surface area contributed by atoms with Crippen molar-refractivity contribution in [1.29, 1.82) is 0 Å². The van der Waals surface area contributed by atoms with Crippen molar-refractivity contribution in [2.45, 2.75) is 71.1 Å². The highest BCUT2D eigenvalue weighted by atomic mass is 28.4. The smallest absolute Gasteiger partial charge is 0.192 e. The van der Waals surface area contributed by atoms with Crippen LogP contribution in [0.5, 0.6) is 0 Å². The zero-order valence-electron chi connectivity index (χ0n) is 15.0. The Balaban J connectivity index is 2.76. The molecule has 4 atom stereocenters. The minimum atomic E-state index is -1.93. The van der Waals surface area contributed by atoms with Gasteiger partial charge in [-0.3, -0.25) is 0 Å². The first kappa shape index (κ1) is 19.4. The molecule has 0 radical (unpaired) electrons. The van der Waals surface area contributed by atoms with E-state index in [4.69, 9.17) is 4.43 Å². The Morgan fingerprint density at radius 3 is 1.95 bits per heavy atom. The van der Waals surface area contributed by atoms with Crippen molar-refractivity contribution in [3.8, 4) is 0 Å². The van der Waals surface area contributed by atoms with Crippen LogP contribution in [-0.2, 0) is 4.43 Å². The maximum absolute atomic E-state index is 10.6. The highest BCUT2D eigenvalue weighted by Crippen LogP contribution is 2.38. The first-order valence-electron chi connectivity index (χ1n) is 8.06. The number of aliphatic hydroxyl groups excluding tert-OH is 2. The second kappa shape index (κ2) is 7.26. The lowest BCUT2D eigenvalue weighted by Gasteiger charge is -2.40. The summed E-state index contributed by atoms with van der Waals surface area (Å²) in [7, 11) is -1.93. The molecule has 1 rings (SSSR count). The molecule has 3 nitrogen and oxygen atoms in total. The molecule has 0 amide bonds. The van der Waals surface area contributed by atoms with Crippen molar-refractivity contribution in [3.63, 3.8) is 0 Å². The van der Waals surface area contributed by atoms with Crippen LogP contribution in [0.1, 0.15) is 46.3 Å². The Labute approximate surface area is 136 Å². The molecular weight excluding hydrogens is 292 g/mol. The lowest BCUT2D eigenvalue weighted by Crippen LogP contribution is -2.47. The summed E-state index contributed by atoms with van der Waals surface area (Å²) < 4.78 is 6.25. The van der Waals surface area contributed by atoms with E-state index in [-0.39, 0.29) is 17.1 Å². The highest BCUT2D eigenvalue weighted by Gasteiger charge is 2.40. The molecule has 0 aromatic heterocycles. The predicted octanol–water partition coefficient (Wildman–Crippen LogP) is 4.13. The van der Waals surface area contributed by atoms with Gasteiger partial charge in [0.1, 0.15) is 0 Å². The molecule has 126 valence electrons. The van der Waals surface area contributed by atoms with Crippen LogP contribution in [0.3, 0.4) is 0 Å². The van der Waals surface area contributed by atoms with E-state index in [1.807, 2.05) is 44.2 Å². The maximum atomic E-state index is 10.6. The number of rotatable bonds is 6. The van der Waals surface area contributed by atoms with Crippen molar-refractivity contribution in [3.05, 3.63) is 35.9 Å². The van der Waals surface area contributed by atoms with Gasteiger partial charge in [-0.05, 0) is 30.6 Å². The van der Waals surface area contributed by atoms with Crippen molar-refractivity contribution in [1.82, 2.24) is 0 Å². The Bertz CT molecular complexity index is 453. The Morgan fingerprint density at radius 1 is 1.00 bits per heavy atom. The van der Waals surface area contributed by atoms with E-state index in [1.165, 1.54) is 0 Å². The average molecular weight is 325 g/mol. The Hall–Kier alpha value is -0.683. The van der Waals surface area contributed by atoms with E-state index in [9.17, 15) is 10.2 Å². The normalized spacial score (nSPS) is 18.6. The number of aliphatic hydroxyl groups is 2. The van der Waals surface area contributed by atoms with E-state index < -0.39 is 20.5 Å². The van der Waals surface area contributed by atoms with Crippen LogP contribution >= 0.6 is 0 Å². The maximum Gasteiger partial charge on any atom is 0.192 e. The first-order chi connectivity index (χ1) is 9.97. The van der Waals surface area contributed by atoms with E-state index in [0.29, 0.717) is 0 Å². The third kappa shape index (κ3) is 4.65. The summed E-state index contributed by atoms with van der Waals surface area (Å²) in [5.74, 6) is -0.290. The van der Waals surface area contributed by atoms with Gasteiger partial charge >= 0.3 is 0 Å². The molecule has 0 heterocycles. The second-order valence-corrected chi connectivity index (χ2v) is 12.5. The molecular formula is C18H32O3Si. The summed E-state index contributed by atoms with van der Waals surface area (Å²) in [5.41, 5.74) is 0.827. The summed E-state index contributed by atoms with van der Waals surface area (Å²) in [6.07, 6.45) is -1.69. The minimum absolute atomic E-state index is 0.0995. The van der Waals surface area contributed by atoms with Crippen LogP contribution in [0, 0.1) is 5.92 Å². The molecule has 0 spiro atoms. The second-order valence-electron chi connectivity index (χ2n) is 7.79. The fraction of sp³-hybridized carbons (Fsp3) is 0.667. The van der Waals surface area contributed by atoms with Crippen LogP contribution in [0.2, 0.25) is 18.1 Å². The molecule has 22 heavy (non-hydrogen) atoms. The van der Waals surface area contributed by atoms with Crippen LogP contribution in [-0.4, -0.2) is 30.7 Å². The fourth-order valence-electron chi connectivity index (χ4n) is 2.28. The molecule has 2 N–H and O–H groups in total. The minimum Gasteiger partial charge on any atom is -0.412 e. The van der Waals surface area contributed by atoms with E-state index in [1.54, 1.807) is 0 Å². The van der Waals surface area contributed by atoms with Gasteiger partial charge in [0.15, 0.2) is 8.32 Å². The van der Waals surface area contributed by atoms with Gasteiger partial charge in [0.05, 0.1) is 18.3 Å². The van der Waals surface area contributed by atoms with E-state index >= 15 is 0 Å². The molecule has 0 aliphatic rings.